The SMILES string of the molecule is COCCC[Si](CCCOC)(CCCOC)c1ccc(C)s1. The van der Waals surface area contributed by atoms with Crippen molar-refractivity contribution >= 4 is 23.9 Å². The average molecular weight is 345 g/mol. The first-order valence-electron chi connectivity index (χ1n) is 8.22. The summed E-state index contributed by atoms with van der Waals surface area (Å²) in [6, 6.07) is 8.61. The lowest BCUT2D eigenvalue weighted by atomic mass is 10.5. The lowest BCUT2D eigenvalue weighted by Gasteiger charge is -2.31. The highest BCUT2D eigenvalue weighted by Crippen LogP contribution is 2.29. The first-order chi connectivity index (χ1) is 10.7. The second-order valence-corrected chi connectivity index (χ2v) is 12.2. The Bertz CT molecular complexity index is 368. The highest BCUT2D eigenvalue weighted by atomic mass is 32.1. The Morgan fingerprint density at radius 1 is 0.818 bits per heavy atom. The minimum Gasteiger partial charge on any atom is -0.385 e. The predicted molar refractivity (Wildman–Crippen MR) is 98.3 cm³/mol. The van der Waals surface area contributed by atoms with Crippen molar-refractivity contribution in [3.8, 4) is 0 Å². The fraction of sp³-hybridized carbons (Fsp3) is 0.765. The van der Waals surface area contributed by atoms with Gasteiger partial charge >= 0.3 is 0 Å². The molecule has 0 saturated carbocycles. The maximum Gasteiger partial charge on any atom is 0.0997 e. The molecule has 0 atom stereocenters. The number of hydrogen-bond donors (Lipinski definition) is 0. The van der Waals surface area contributed by atoms with Gasteiger partial charge < -0.3 is 14.2 Å². The summed E-state index contributed by atoms with van der Waals surface area (Å²) in [6.45, 7) is 4.82. The van der Waals surface area contributed by atoms with Gasteiger partial charge in [0.1, 0.15) is 0 Å². The lowest BCUT2D eigenvalue weighted by molar-refractivity contribution is 0.195. The maximum absolute atomic E-state index is 5.31. The Morgan fingerprint density at radius 2 is 1.27 bits per heavy atom. The van der Waals surface area contributed by atoms with Crippen LogP contribution in [0, 0.1) is 6.92 Å². The third-order valence-electron chi connectivity index (χ3n) is 4.27. The van der Waals surface area contributed by atoms with Crippen LogP contribution in [-0.2, 0) is 14.2 Å². The van der Waals surface area contributed by atoms with E-state index < -0.39 is 8.07 Å². The van der Waals surface area contributed by atoms with Gasteiger partial charge in [0.2, 0.25) is 0 Å². The normalized spacial score (nSPS) is 12.0. The third-order valence-corrected chi connectivity index (χ3v) is 11.8. The second-order valence-electron chi connectivity index (χ2n) is 5.98. The topological polar surface area (TPSA) is 27.7 Å². The number of methoxy groups -OCH3 is 3. The van der Waals surface area contributed by atoms with E-state index in [0.29, 0.717) is 0 Å². The molecule has 3 nitrogen and oxygen atoms in total. The van der Waals surface area contributed by atoms with Gasteiger partial charge in [0.05, 0.1) is 8.07 Å². The molecule has 1 heterocycles. The minimum atomic E-state index is -1.48. The van der Waals surface area contributed by atoms with E-state index in [2.05, 4.69) is 19.1 Å². The smallest absolute Gasteiger partial charge is 0.0997 e. The zero-order valence-electron chi connectivity index (χ0n) is 14.7. The molecule has 1 rings (SSSR count). The van der Waals surface area contributed by atoms with Gasteiger partial charge in [0, 0.05) is 46.0 Å². The van der Waals surface area contributed by atoms with E-state index in [1.807, 2.05) is 11.3 Å². The van der Waals surface area contributed by atoms with Crippen LogP contribution in [0.1, 0.15) is 24.1 Å². The summed E-state index contributed by atoms with van der Waals surface area (Å²) in [5.74, 6) is 0. The number of ether oxygens (including phenoxy) is 3. The van der Waals surface area contributed by atoms with Crippen molar-refractivity contribution in [2.45, 2.75) is 44.3 Å². The first-order valence-corrected chi connectivity index (χ1v) is 11.7. The summed E-state index contributed by atoms with van der Waals surface area (Å²) in [6.07, 6.45) is 3.50. The molecule has 1 aromatic heterocycles. The van der Waals surface area contributed by atoms with E-state index in [1.165, 1.54) is 42.3 Å². The molecule has 0 amide bonds. The fourth-order valence-corrected chi connectivity index (χ4v) is 10.4. The van der Waals surface area contributed by atoms with Gasteiger partial charge in [-0.15, -0.1) is 0 Å². The molecule has 128 valence electrons. The Kier molecular flexibility index (Phi) is 10.2. The van der Waals surface area contributed by atoms with E-state index >= 15 is 0 Å². The summed E-state index contributed by atoms with van der Waals surface area (Å²) in [4.78, 5) is 1.43. The molecule has 0 bridgehead atoms. The summed E-state index contributed by atoms with van der Waals surface area (Å²) in [7, 11) is 3.92. The van der Waals surface area contributed by atoms with Gasteiger partial charge in [-0.05, 0) is 36.8 Å². The molecule has 0 radical (unpaired) electrons. The zero-order valence-corrected chi connectivity index (χ0v) is 16.5. The average Bonchev–Trinajstić information content (AvgIpc) is 2.94. The summed E-state index contributed by atoms with van der Waals surface area (Å²) >= 11 is 2.01. The van der Waals surface area contributed by atoms with Gasteiger partial charge in [-0.3, -0.25) is 0 Å². The minimum absolute atomic E-state index is 0.869. The standard InChI is InChI=1S/C17H32O3SSi/c1-16-8-9-17(21-16)22(13-5-10-18-2,14-6-11-19-3)15-7-12-20-4/h8-9H,5-7,10-15H2,1-4H3. The van der Waals surface area contributed by atoms with Gasteiger partial charge in [-0.1, -0.05) is 24.2 Å². The Hall–Kier alpha value is -0.203. The third kappa shape index (κ3) is 6.50. The van der Waals surface area contributed by atoms with E-state index in [0.717, 1.165) is 19.8 Å². The van der Waals surface area contributed by atoms with Gasteiger partial charge in [0.15, 0.2) is 0 Å². The molecule has 0 aliphatic rings. The fourth-order valence-electron chi connectivity index (χ4n) is 3.13. The quantitative estimate of drug-likeness (QED) is 0.402. The molecule has 0 unspecified atom stereocenters. The van der Waals surface area contributed by atoms with Crippen molar-refractivity contribution < 1.29 is 14.2 Å². The zero-order chi connectivity index (χ0) is 16.3. The lowest BCUT2D eigenvalue weighted by Crippen LogP contribution is -2.46. The van der Waals surface area contributed by atoms with E-state index in [9.17, 15) is 0 Å². The largest absolute Gasteiger partial charge is 0.385 e. The molecule has 0 spiro atoms. The van der Waals surface area contributed by atoms with Crippen molar-refractivity contribution in [2.24, 2.45) is 0 Å². The predicted octanol–water partition coefficient (Wildman–Crippen LogP) is 3.82. The van der Waals surface area contributed by atoms with Crippen molar-refractivity contribution in [3.63, 3.8) is 0 Å². The van der Waals surface area contributed by atoms with Crippen molar-refractivity contribution in [2.75, 3.05) is 41.2 Å². The number of hydrogen-bond acceptors (Lipinski definition) is 4. The van der Waals surface area contributed by atoms with Crippen molar-refractivity contribution in [3.05, 3.63) is 17.0 Å². The molecule has 0 aliphatic carbocycles. The van der Waals surface area contributed by atoms with Crippen LogP contribution in [0.15, 0.2) is 12.1 Å². The first kappa shape index (κ1) is 19.8. The van der Waals surface area contributed by atoms with E-state index in [-0.39, 0.29) is 0 Å². The van der Waals surface area contributed by atoms with Crippen molar-refractivity contribution in [1.29, 1.82) is 0 Å². The number of thiophene rings is 1. The summed E-state index contributed by atoms with van der Waals surface area (Å²) < 4.78 is 17.6. The molecule has 22 heavy (non-hydrogen) atoms. The maximum atomic E-state index is 5.31. The molecule has 0 aliphatic heterocycles. The molecule has 0 N–H and O–H groups in total. The van der Waals surface area contributed by atoms with Crippen LogP contribution in [0.5, 0.6) is 0 Å². The highest BCUT2D eigenvalue weighted by molar-refractivity contribution is 7.27. The van der Waals surface area contributed by atoms with Gasteiger partial charge in [0.25, 0.3) is 0 Å². The second kappa shape index (κ2) is 11.4. The van der Waals surface area contributed by atoms with Crippen LogP contribution in [0.3, 0.4) is 0 Å². The highest BCUT2D eigenvalue weighted by Gasteiger charge is 2.34. The molecular weight excluding hydrogens is 312 g/mol. The molecule has 0 saturated heterocycles. The van der Waals surface area contributed by atoms with Crippen LogP contribution >= 0.6 is 11.3 Å². The van der Waals surface area contributed by atoms with E-state index in [1.54, 1.807) is 25.8 Å². The van der Waals surface area contributed by atoms with Crippen LogP contribution < -0.4 is 4.50 Å². The molecule has 0 fully saturated rings. The van der Waals surface area contributed by atoms with Crippen LogP contribution in [0.25, 0.3) is 0 Å². The molecule has 1 aromatic rings. The van der Waals surface area contributed by atoms with Gasteiger partial charge in [-0.2, -0.15) is 11.3 Å². The number of rotatable bonds is 13. The van der Waals surface area contributed by atoms with Crippen molar-refractivity contribution in [1.82, 2.24) is 0 Å². The van der Waals surface area contributed by atoms with Crippen LogP contribution in [0.4, 0.5) is 0 Å². The van der Waals surface area contributed by atoms with Crippen LogP contribution in [-0.4, -0.2) is 49.2 Å². The van der Waals surface area contributed by atoms with Crippen LogP contribution in [0.2, 0.25) is 18.1 Å². The number of aryl methyl sites for hydroxylation is 1. The molecular formula is C17H32O3SSi. The molecule has 5 heteroatoms. The summed E-state index contributed by atoms with van der Waals surface area (Å²) in [5.41, 5.74) is 0. The summed E-state index contributed by atoms with van der Waals surface area (Å²) in [5, 5.41) is 0. The Morgan fingerprint density at radius 3 is 1.59 bits per heavy atom. The Labute approximate surface area is 141 Å². The monoisotopic (exact) mass is 344 g/mol. The Balaban J connectivity index is 2.87. The van der Waals surface area contributed by atoms with E-state index in [4.69, 9.17) is 14.2 Å². The molecule has 0 aromatic carbocycles. The van der Waals surface area contributed by atoms with Gasteiger partial charge in [-0.25, -0.2) is 0 Å².